The van der Waals surface area contributed by atoms with Gasteiger partial charge in [-0.05, 0) is 30.5 Å². The van der Waals surface area contributed by atoms with Crippen molar-refractivity contribution in [2.45, 2.75) is 25.4 Å². The first-order chi connectivity index (χ1) is 8.74. The molecule has 2 rings (SSSR count). The van der Waals surface area contributed by atoms with Crippen molar-refractivity contribution in [1.29, 1.82) is 5.26 Å². The van der Waals surface area contributed by atoms with E-state index in [2.05, 4.69) is 11.4 Å². The highest BCUT2D eigenvalue weighted by Gasteiger charge is 2.20. The minimum absolute atomic E-state index is 0.0896. The Morgan fingerprint density at radius 3 is 2.89 bits per heavy atom. The lowest BCUT2D eigenvalue weighted by Gasteiger charge is -2.19. The molecular weight excluding hydrogens is 226 g/mol. The number of nitrogens with one attached hydrogen (secondary N) is 1. The summed E-state index contributed by atoms with van der Waals surface area (Å²) >= 11 is 0. The zero-order valence-electron chi connectivity index (χ0n) is 10.7. The van der Waals surface area contributed by atoms with Crippen LogP contribution < -0.4 is 10.2 Å². The van der Waals surface area contributed by atoms with Crippen molar-refractivity contribution in [3.05, 3.63) is 29.3 Å². The van der Waals surface area contributed by atoms with E-state index in [0.29, 0.717) is 18.2 Å². The lowest BCUT2D eigenvalue weighted by Crippen LogP contribution is -2.22. The van der Waals surface area contributed by atoms with Gasteiger partial charge in [-0.3, -0.25) is 0 Å². The molecule has 96 valence electrons. The molecule has 1 aliphatic rings. The molecule has 0 bridgehead atoms. The van der Waals surface area contributed by atoms with Crippen molar-refractivity contribution in [2.24, 2.45) is 0 Å². The van der Waals surface area contributed by atoms with Crippen LogP contribution in [0.4, 0.5) is 5.69 Å². The Kier molecular flexibility index (Phi) is 4.19. The first kappa shape index (κ1) is 12.9. The molecule has 0 saturated heterocycles. The number of nitriles is 1. The van der Waals surface area contributed by atoms with E-state index < -0.39 is 0 Å². The van der Waals surface area contributed by atoms with Gasteiger partial charge in [0.05, 0.1) is 17.9 Å². The predicted octanol–water partition coefficient (Wildman–Crippen LogP) is 1.24. The van der Waals surface area contributed by atoms with Gasteiger partial charge in [0.2, 0.25) is 0 Å². The second-order valence-corrected chi connectivity index (χ2v) is 4.76. The standard InChI is InChI=1S/C14H19N3O/c1-17(6-7-18)14-5-2-11(8-12(14)9-15)10-16-13-3-4-13/h2,5,8,13,16,18H,3-4,6-7,10H2,1H3. The average Bonchev–Trinajstić information content (AvgIpc) is 3.20. The number of rotatable bonds is 6. The van der Waals surface area contributed by atoms with Gasteiger partial charge in [-0.25, -0.2) is 0 Å². The SMILES string of the molecule is CN(CCO)c1ccc(CNC2CC2)cc1C#N. The lowest BCUT2D eigenvalue weighted by atomic mass is 10.1. The van der Waals surface area contributed by atoms with E-state index in [1.807, 2.05) is 30.1 Å². The molecule has 4 nitrogen and oxygen atoms in total. The van der Waals surface area contributed by atoms with Crippen LogP contribution in [-0.2, 0) is 6.54 Å². The largest absolute Gasteiger partial charge is 0.395 e. The van der Waals surface area contributed by atoms with Crippen molar-refractivity contribution in [1.82, 2.24) is 5.32 Å². The summed E-state index contributed by atoms with van der Waals surface area (Å²) in [7, 11) is 1.88. The summed E-state index contributed by atoms with van der Waals surface area (Å²) in [5, 5.41) is 21.6. The van der Waals surface area contributed by atoms with Crippen LogP contribution in [0.1, 0.15) is 24.0 Å². The van der Waals surface area contributed by atoms with E-state index in [0.717, 1.165) is 17.8 Å². The maximum atomic E-state index is 9.19. The molecule has 18 heavy (non-hydrogen) atoms. The van der Waals surface area contributed by atoms with E-state index in [-0.39, 0.29) is 6.61 Å². The molecule has 0 amide bonds. The van der Waals surface area contributed by atoms with Crippen molar-refractivity contribution in [2.75, 3.05) is 25.1 Å². The third-order valence-corrected chi connectivity index (χ3v) is 3.20. The van der Waals surface area contributed by atoms with Gasteiger partial charge in [0.1, 0.15) is 6.07 Å². The van der Waals surface area contributed by atoms with Crippen LogP contribution in [-0.4, -0.2) is 31.3 Å². The third kappa shape index (κ3) is 3.22. The summed E-state index contributed by atoms with van der Waals surface area (Å²) in [6.07, 6.45) is 2.53. The molecule has 0 aromatic heterocycles. The van der Waals surface area contributed by atoms with Crippen molar-refractivity contribution in [3.8, 4) is 6.07 Å². The molecule has 4 heteroatoms. The topological polar surface area (TPSA) is 59.3 Å². The highest BCUT2D eigenvalue weighted by molar-refractivity contribution is 5.60. The Bertz CT molecular complexity index is 449. The first-order valence-electron chi connectivity index (χ1n) is 6.33. The molecule has 0 spiro atoms. The maximum Gasteiger partial charge on any atom is 0.101 e. The number of anilines is 1. The van der Waals surface area contributed by atoms with Gasteiger partial charge in [0.25, 0.3) is 0 Å². The molecule has 0 aliphatic heterocycles. The highest BCUT2D eigenvalue weighted by Crippen LogP contribution is 2.22. The number of benzene rings is 1. The maximum absolute atomic E-state index is 9.19. The fourth-order valence-corrected chi connectivity index (χ4v) is 1.94. The van der Waals surface area contributed by atoms with Gasteiger partial charge in [-0.2, -0.15) is 5.26 Å². The van der Waals surface area contributed by atoms with Gasteiger partial charge >= 0.3 is 0 Å². The van der Waals surface area contributed by atoms with E-state index in [4.69, 9.17) is 5.11 Å². The number of hydrogen-bond acceptors (Lipinski definition) is 4. The lowest BCUT2D eigenvalue weighted by molar-refractivity contribution is 0.304. The number of aliphatic hydroxyl groups is 1. The third-order valence-electron chi connectivity index (χ3n) is 3.20. The minimum atomic E-state index is 0.0896. The van der Waals surface area contributed by atoms with Gasteiger partial charge in [0, 0.05) is 26.2 Å². The number of nitrogens with zero attached hydrogens (tertiary/aromatic N) is 2. The van der Waals surface area contributed by atoms with Crippen molar-refractivity contribution >= 4 is 5.69 Å². The van der Waals surface area contributed by atoms with Gasteiger partial charge in [0.15, 0.2) is 0 Å². The normalized spacial score (nSPS) is 14.3. The van der Waals surface area contributed by atoms with E-state index >= 15 is 0 Å². The molecule has 0 atom stereocenters. The Morgan fingerprint density at radius 1 is 1.50 bits per heavy atom. The molecule has 2 N–H and O–H groups in total. The molecule has 1 aromatic rings. The van der Waals surface area contributed by atoms with Crippen LogP contribution in [0.25, 0.3) is 0 Å². The van der Waals surface area contributed by atoms with Crippen LogP contribution in [0, 0.1) is 11.3 Å². The Labute approximate surface area is 108 Å². The molecule has 0 radical (unpaired) electrons. The number of aliphatic hydroxyl groups excluding tert-OH is 1. The number of likely N-dealkylation sites (N-methyl/N-ethyl adjacent to an activating group) is 1. The van der Waals surface area contributed by atoms with Crippen LogP contribution >= 0.6 is 0 Å². The van der Waals surface area contributed by atoms with Crippen LogP contribution in [0.2, 0.25) is 0 Å². The fourth-order valence-electron chi connectivity index (χ4n) is 1.94. The average molecular weight is 245 g/mol. The Morgan fingerprint density at radius 2 is 2.28 bits per heavy atom. The Balaban J connectivity index is 2.09. The summed E-state index contributed by atoms with van der Waals surface area (Å²) in [5.41, 5.74) is 2.68. The van der Waals surface area contributed by atoms with Crippen molar-refractivity contribution in [3.63, 3.8) is 0 Å². The molecule has 1 saturated carbocycles. The molecule has 0 unspecified atom stereocenters. The monoisotopic (exact) mass is 245 g/mol. The predicted molar refractivity (Wildman–Crippen MR) is 71.4 cm³/mol. The van der Waals surface area contributed by atoms with Gasteiger partial charge in [-0.15, -0.1) is 0 Å². The van der Waals surface area contributed by atoms with E-state index in [1.165, 1.54) is 12.8 Å². The molecule has 1 aliphatic carbocycles. The van der Waals surface area contributed by atoms with Gasteiger partial charge in [-0.1, -0.05) is 6.07 Å². The minimum Gasteiger partial charge on any atom is -0.395 e. The molecule has 0 heterocycles. The summed E-state index contributed by atoms with van der Waals surface area (Å²) < 4.78 is 0. The van der Waals surface area contributed by atoms with Crippen molar-refractivity contribution < 1.29 is 5.11 Å². The van der Waals surface area contributed by atoms with Crippen LogP contribution in [0.3, 0.4) is 0 Å². The number of hydrogen-bond donors (Lipinski definition) is 2. The molecular formula is C14H19N3O. The second-order valence-electron chi connectivity index (χ2n) is 4.76. The van der Waals surface area contributed by atoms with E-state index in [1.54, 1.807) is 0 Å². The van der Waals surface area contributed by atoms with Crippen LogP contribution in [0.5, 0.6) is 0 Å². The van der Waals surface area contributed by atoms with Crippen LogP contribution in [0.15, 0.2) is 18.2 Å². The zero-order chi connectivity index (χ0) is 13.0. The van der Waals surface area contributed by atoms with Gasteiger partial charge < -0.3 is 15.3 Å². The summed E-state index contributed by atoms with van der Waals surface area (Å²) in [5.74, 6) is 0. The molecule has 1 aromatic carbocycles. The Hall–Kier alpha value is -1.57. The first-order valence-corrected chi connectivity index (χ1v) is 6.33. The molecule has 1 fully saturated rings. The second kappa shape index (κ2) is 5.85. The summed E-state index contributed by atoms with van der Waals surface area (Å²) in [6.45, 7) is 1.45. The fraction of sp³-hybridized carbons (Fsp3) is 0.500. The quantitative estimate of drug-likeness (QED) is 0.791. The smallest absolute Gasteiger partial charge is 0.101 e. The summed E-state index contributed by atoms with van der Waals surface area (Å²) in [6, 6.07) is 8.83. The zero-order valence-corrected chi connectivity index (χ0v) is 10.7. The van der Waals surface area contributed by atoms with E-state index in [9.17, 15) is 5.26 Å². The highest BCUT2D eigenvalue weighted by atomic mass is 16.3. The summed E-state index contributed by atoms with van der Waals surface area (Å²) in [4.78, 5) is 1.90.